The van der Waals surface area contributed by atoms with Crippen molar-refractivity contribution in [1.82, 2.24) is 10.2 Å². The molecule has 0 saturated carbocycles. The number of aliphatic hydroxyl groups is 1. The second kappa shape index (κ2) is 9.38. The van der Waals surface area contributed by atoms with Gasteiger partial charge in [-0.3, -0.25) is 9.69 Å². The molecule has 5 heteroatoms. The SMILES string of the molecule is CC(C)CCCC(C)NC(=O)CN1CC(C)OC(CO)C1. The molecule has 1 aliphatic heterocycles. The Labute approximate surface area is 129 Å². The van der Waals surface area contributed by atoms with Gasteiger partial charge in [0.15, 0.2) is 0 Å². The molecule has 5 nitrogen and oxygen atoms in total. The number of aliphatic hydroxyl groups excluding tert-OH is 1. The topological polar surface area (TPSA) is 61.8 Å². The first-order chi connectivity index (χ1) is 9.90. The molecule has 1 heterocycles. The minimum atomic E-state index is -0.176. The molecule has 0 spiro atoms. The van der Waals surface area contributed by atoms with Crippen molar-refractivity contribution in [2.75, 3.05) is 26.2 Å². The second-order valence-electron chi connectivity index (χ2n) is 6.74. The van der Waals surface area contributed by atoms with Crippen molar-refractivity contribution in [2.45, 2.75) is 65.2 Å². The quantitative estimate of drug-likeness (QED) is 0.711. The normalized spacial score (nSPS) is 25.0. The number of hydrogen-bond donors (Lipinski definition) is 2. The minimum Gasteiger partial charge on any atom is -0.394 e. The smallest absolute Gasteiger partial charge is 0.234 e. The molecule has 2 N–H and O–H groups in total. The van der Waals surface area contributed by atoms with E-state index in [1.165, 1.54) is 6.42 Å². The summed E-state index contributed by atoms with van der Waals surface area (Å²) in [6, 6.07) is 0.225. The van der Waals surface area contributed by atoms with Gasteiger partial charge in [-0.05, 0) is 26.2 Å². The van der Waals surface area contributed by atoms with Crippen molar-refractivity contribution in [2.24, 2.45) is 5.92 Å². The van der Waals surface area contributed by atoms with Crippen LogP contribution in [0.5, 0.6) is 0 Å². The molecular weight excluding hydrogens is 268 g/mol. The van der Waals surface area contributed by atoms with Crippen LogP contribution in [0.15, 0.2) is 0 Å². The van der Waals surface area contributed by atoms with E-state index in [0.717, 1.165) is 25.3 Å². The van der Waals surface area contributed by atoms with Crippen molar-refractivity contribution in [3.8, 4) is 0 Å². The lowest BCUT2D eigenvalue weighted by atomic mass is 10.0. The Bertz CT molecular complexity index is 310. The average molecular weight is 300 g/mol. The number of nitrogens with zero attached hydrogens (tertiary/aromatic N) is 1. The predicted molar refractivity (Wildman–Crippen MR) is 84.2 cm³/mol. The van der Waals surface area contributed by atoms with Gasteiger partial charge in [0.25, 0.3) is 0 Å². The Morgan fingerprint density at radius 2 is 2.05 bits per heavy atom. The van der Waals surface area contributed by atoms with E-state index in [1.807, 2.05) is 6.92 Å². The van der Waals surface area contributed by atoms with E-state index in [-0.39, 0.29) is 30.8 Å². The predicted octanol–water partition coefficient (Wildman–Crippen LogP) is 1.40. The average Bonchev–Trinajstić information content (AvgIpc) is 2.36. The van der Waals surface area contributed by atoms with E-state index < -0.39 is 0 Å². The Kier molecular flexibility index (Phi) is 8.22. The van der Waals surface area contributed by atoms with Crippen molar-refractivity contribution in [3.63, 3.8) is 0 Å². The standard InChI is InChI=1S/C16H32N2O3/c1-12(2)6-5-7-13(3)17-16(20)10-18-8-14(4)21-15(9-18)11-19/h12-15,19H,5-11H2,1-4H3,(H,17,20). The molecule has 3 unspecified atom stereocenters. The summed E-state index contributed by atoms with van der Waals surface area (Å²) in [6.07, 6.45) is 3.28. The van der Waals surface area contributed by atoms with Gasteiger partial charge in [0.05, 0.1) is 25.4 Å². The summed E-state index contributed by atoms with van der Waals surface area (Å²) < 4.78 is 5.58. The van der Waals surface area contributed by atoms with Crippen LogP contribution in [0.1, 0.15) is 47.0 Å². The van der Waals surface area contributed by atoms with Crippen LogP contribution in [-0.4, -0.2) is 60.4 Å². The maximum absolute atomic E-state index is 12.1. The Balaban J connectivity index is 2.25. The van der Waals surface area contributed by atoms with Gasteiger partial charge in [-0.15, -0.1) is 0 Å². The Morgan fingerprint density at radius 3 is 2.67 bits per heavy atom. The number of ether oxygens (including phenoxy) is 1. The van der Waals surface area contributed by atoms with Gasteiger partial charge in [-0.2, -0.15) is 0 Å². The highest BCUT2D eigenvalue weighted by Crippen LogP contribution is 2.11. The van der Waals surface area contributed by atoms with Crippen LogP contribution >= 0.6 is 0 Å². The molecular formula is C16H32N2O3. The molecule has 1 rings (SSSR count). The molecule has 124 valence electrons. The first-order valence-electron chi connectivity index (χ1n) is 8.18. The second-order valence-corrected chi connectivity index (χ2v) is 6.74. The lowest BCUT2D eigenvalue weighted by Crippen LogP contribution is -2.51. The molecule has 0 bridgehead atoms. The highest BCUT2D eigenvalue weighted by Gasteiger charge is 2.26. The monoisotopic (exact) mass is 300 g/mol. The third kappa shape index (κ3) is 7.79. The molecule has 3 atom stereocenters. The minimum absolute atomic E-state index is 0.00800. The van der Waals surface area contributed by atoms with E-state index in [2.05, 4.69) is 31.0 Å². The van der Waals surface area contributed by atoms with Crippen LogP contribution in [0.25, 0.3) is 0 Å². The van der Waals surface area contributed by atoms with Crippen LogP contribution in [0.4, 0.5) is 0 Å². The molecule has 0 aliphatic carbocycles. The van der Waals surface area contributed by atoms with E-state index in [9.17, 15) is 9.90 Å². The lowest BCUT2D eigenvalue weighted by Gasteiger charge is -2.35. The molecule has 21 heavy (non-hydrogen) atoms. The van der Waals surface area contributed by atoms with Gasteiger partial charge in [-0.1, -0.05) is 26.7 Å². The summed E-state index contributed by atoms with van der Waals surface area (Å²) in [6.45, 7) is 10.2. The van der Waals surface area contributed by atoms with Gasteiger partial charge in [0.2, 0.25) is 5.91 Å². The maximum atomic E-state index is 12.1. The highest BCUT2D eigenvalue weighted by molar-refractivity contribution is 5.78. The number of carbonyl (C=O) groups excluding carboxylic acids is 1. The van der Waals surface area contributed by atoms with E-state index in [1.54, 1.807) is 0 Å². The summed E-state index contributed by atoms with van der Waals surface area (Å²) in [5, 5.41) is 12.3. The van der Waals surface area contributed by atoms with Crippen LogP contribution in [0.2, 0.25) is 0 Å². The third-order valence-electron chi connectivity index (χ3n) is 3.80. The largest absolute Gasteiger partial charge is 0.394 e. The number of rotatable bonds is 8. The van der Waals surface area contributed by atoms with Crippen LogP contribution in [-0.2, 0) is 9.53 Å². The summed E-state index contributed by atoms with van der Waals surface area (Å²) in [5.41, 5.74) is 0. The fourth-order valence-electron chi connectivity index (χ4n) is 2.80. The van der Waals surface area contributed by atoms with Gasteiger partial charge in [0, 0.05) is 19.1 Å². The molecule has 1 fully saturated rings. The van der Waals surface area contributed by atoms with Crippen molar-refractivity contribution in [1.29, 1.82) is 0 Å². The highest BCUT2D eigenvalue weighted by atomic mass is 16.5. The molecule has 0 aromatic rings. The van der Waals surface area contributed by atoms with Gasteiger partial charge in [-0.25, -0.2) is 0 Å². The maximum Gasteiger partial charge on any atom is 0.234 e. The van der Waals surface area contributed by atoms with E-state index in [0.29, 0.717) is 13.1 Å². The Morgan fingerprint density at radius 1 is 1.33 bits per heavy atom. The van der Waals surface area contributed by atoms with Crippen LogP contribution in [0, 0.1) is 5.92 Å². The zero-order valence-electron chi connectivity index (χ0n) is 14.0. The number of hydrogen-bond acceptors (Lipinski definition) is 4. The first kappa shape index (κ1) is 18.4. The molecule has 1 aliphatic rings. The van der Waals surface area contributed by atoms with Crippen molar-refractivity contribution < 1.29 is 14.6 Å². The summed E-state index contributed by atoms with van der Waals surface area (Å²) >= 11 is 0. The number of nitrogens with one attached hydrogen (secondary N) is 1. The third-order valence-corrected chi connectivity index (χ3v) is 3.80. The fourth-order valence-corrected chi connectivity index (χ4v) is 2.80. The molecule has 1 amide bonds. The summed E-state index contributed by atoms with van der Waals surface area (Å²) in [4.78, 5) is 14.1. The van der Waals surface area contributed by atoms with Crippen LogP contribution < -0.4 is 5.32 Å². The molecule has 0 aromatic heterocycles. The number of carbonyl (C=O) groups is 1. The van der Waals surface area contributed by atoms with E-state index in [4.69, 9.17) is 4.74 Å². The number of amides is 1. The molecule has 1 saturated heterocycles. The van der Waals surface area contributed by atoms with Gasteiger partial charge >= 0.3 is 0 Å². The van der Waals surface area contributed by atoms with Gasteiger partial charge < -0.3 is 15.2 Å². The van der Waals surface area contributed by atoms with Crippen molar-refractivity contribution in [3.05, 3.63) is 0 Å². The van der Waals surface area contributed by atoms with Crippen molar-refractivity contribution >= 4 is 5.91 Å². The zero-order valence-corrected chi connectivity index (χ0v) is 14.0. The fraction of sp³-hybridized carbons (Fsp3) is 0.938. The zero-order chi connectivity index (χ0) is 15.8. The molecule has 0 aromatic carbocycles. The molecule has 0 radical (unpaired) electrons. The summed E-state index contributed by atoms with van der Waals surface area (Å²) in [7, 11) is 0. The lowest BCUT2D eigenvalue weighted by molar-refractivity contribution is -0.129. The summed E-state index contributed by atoms with van der Waals surface area (Å²) in [5.74, 6) is 0.788. The number of morpholine rings is 1. The van der Waals surface area contributed by atoms with Crippen LogP contribution in [0.3, 0.4) is 0 Å². The van der Waals surface area contributed by atoms with E-state index >= 15 is 0 Å². The van der Waals surface area contributed by atoms with Gasteiger partial charge in [0.1, 0.15) is 0 Å². The Hall–Kier alpha value is -0.650. The first-order valence-corrected chi connectivity index (χ1v) is 8.18.